The summed E-state index contributed by atoms with van der Waals surface area (Å²) in [7, 11) is 0. The van der Waals surface area contributed by atoms with Crippen molar-refractivity contribution in [1.82, 2.24) is 5.32 Å². The quantitative estimate of drug-likeness (QED) is 0.811. The van der Waals surface area contributed by atoms with E-state index in [1.165, 1.54) is 12.1 Å². The topological polar surface area (TPSA) is 61.4 Å². The van der Waals surface area contributed by atoms with E-state index in [0.29, 0.717) is 0 Å². The van der Waals surface area contributed by atoms with Gasteiger partial charge in [-0.2, -0.15) is 0 Å². The summed E-state index contributed by atoms with van der Waals surface area (Å²) in [6.45, 7) is 3.73. The lowest BCUT2D eigenvalue weighted by Gasteiger charge is -2.15. The molecule has 0 aliphatic carbocycles. The van der Waals surface area contributed by atoms with Gasteiger partial charge >= 0.3 is 6.03 Å². The predicted molar refractivity (Wildman–Crippen MR) is 84.3 cm³/mol. The van der Waals surface area contributed by atoms with Crippen LogP contribution in [0.15, 0.2) is 42.5 Å². The van der Waals surface area contributed by atoms with Crippen molar-refractivity contribution in [3.8, 4) is 0 Å². The highest BCUT2D eigenvalue weighted by Crippen LogP contribution is 2.19. The zero-order chi connectivity index (χ0) is 16.1. The number of nitrogens with one attached hydrogen (secondary N) is 2. The number of benzene rings is 2. The lowest BCUT2D eigenvalue weighted by atomic mass is 10.1. The fraction of sp³-hybridized carbons (Fsp3) is 0.235. The average Bonchev–Trinajstić information content (AvgIpc) is 2.49. The Morgan fingerprint density at radius 1 is 1.14 bits per heavy atom. The fourth-order valence-corrected chi connectivity index (χ4v) is 2.21. The first-order valence-electron chi connectivity index (χ1n) is 7.02. The molecule has 0 aliphatic rings. The van der Waals surface area contributed by atoms with Gasteiger partial charge in [-0.15, -0.1) is 0 Å². The lowest BCUT2D eigenvalue weighted by Crippen LogP contribution is -2.33. The Morgan fingerprint density at radius 3 is 2.41 bits per heavy atom. The van der Waals surface area contributed by atoms with Crippen LogP contribution in [0.5, 0.6) is 0 Å². The van der Waals surface area contributed by atoms with Crippen molar-refractivity contribution in [2.75, 3.05) is 11.9 Å². The number of aryl methyl sites for hydroxylation is 2. The van der Waals surface area contributed by atoms with E-state index >= 15 is 0 Å². The number of amides is 2. The molecule has 0 unspecified atom stereocenters. The molecule has 5 heteroatoms. The molecule has 0 heterocycles. The maximum Gasteiger partial charge on any atom is 0.319 e. The Kier molecular flexibility index (Phi) is 5.12. The van der Waals surface area contributed by atoms with Crippen molar-refractivity contribution in [3.63, 3.8) is 0 Å². The van der Waals surface area contributed by atoms with Gasteiger partial charge in [-0.3, -0.25) is 0 Å². The number of urea groups is 1. The summed E-state index contributed by atoms with van der Waals surface area (Å²) in [5, 5.41) is 15.2. The van der Waals surface area contributed by atoms with Gasteiger partial charge in [-0.25, -0.2) is 9.18 Å². The smallest absolute Gasteiger partial charge is 0.319 e. The number of halogens is 1. The van der Waals surface area contributed by atoms with Crippen LogP contribution in [-0.2, 0) is 0 Å². The molecule has 2 aromatic rings. The molecule has 116 valence electrons. The molecule has 0 bridgehead atoms. The van der Waals surface area contributed by atoms with E-state index in [2.05, 4.69) is 10.6 Å². The first-order valence-corrected chi connectivity index (χ1v) is 7.02. The van der Waals surface area contributed by atoms with Crippen LogP contribution in [0.1, 0.15) is 22.8 Å². The normalized spacial score (nSPS) is 11.8. The number of aliphatic hydroxyl groups is 1. The second kappa shape index (κ2) is 7.04. The highest BCUT2D eigenvalue weighted by atomic mass is 19.1. The van der Waals surface area contributed by atoms with Crippen LogP contribution >= 0.6 is 0 Å². The first kappa shape index (κ1) is 16.0. The van der Waals surface area contributed by atoms with Crippen molar-refractivity contribution >= 4 is 11.7 Å². The number of rotatable bonds is 4. The van der Waals surface area contributed by atoms with E-state index in [1.54, 1.807) is 12.1 Å². The summed E-state index contributed by atoms with van der Waals surface area (Å²) in [6, 6.07) is 11.2. The molecule has 0 saturated carbocycles. The Hall–Kier alpha value is -2.40. The van der Waals surface area contributed by atoms with Gasteiger partial charge < -0.3 is 15.7 Å². The third-order valence-electron chi connectivity index (χ3n) is 3.44. The molecule has 0 aromatic heterocycles. The molecule has 0 fully saturated rings. The SMILES string of the molecule is Cc1cccc(C)c1NC(=O)NC[C@@H](O)c1ccccc1F. The van der Waals surface area contributed by atoms with Gasteiger partial charge in [0.25, 0.3) is 0 Å². The van der Waals surface area contributed by atoms with E-state index in [1.807, 2.05) is 32.0 Å². The second-order valence-electron chi connectivity index (χ2n) is 5.14. The van der Waals surface area contributed by atoms with Crippen LogP contribution < -0.4 is 10.6 Å². The highest BCUT2D eigenvalue weighted by Gasteiger charge is 2.14. The standard InChI is InChI=1S/C17H19FN2O2/c1-11-6-5-7-12(2)16(11)20-17(22)19-10-15(21)13-8-3-4-9-14(13)18/h3-9,15,21H,10H2,1-2H3,(H2,19,20,22)/t15-/m1/s1. The minimum absolute atomic E-state index is 0.0717. The van der Waals surface area contributed by atoms with Gasteiger partial charge in [0.1, 0.15) is 5.82 Å². The number of hydrogen-bond donors (Lipinski definition) is 3. The highest BCUT2D eigenvalue weighted by molar-refractivity contribution is 5.90. The van der Waals surface area contributed by atoms with Gasteiger partial charge in [-0.05, 0) is 31.0 Å². The van der Waals surface area contributed by atoms with E-state index in [-0.39, 0.29) is 12.1 Å². The maximum absolute atomic E-state index is 13.5. The van der Waals surface area contributed by atoms with Crippen molar-refractivity contribution in [2.24, 2.45) is 0 Å². The number of carbonyl (C=O) groups excluding carboxylic acids is 1. The van der Waals surface area contributed by atoms with Gasteiger partial charge in [0.05, 0.1) is 6.10 Å². The van der Waals surface area contributed by atoms with E-state index in [9.17, 15) is 14.3 Å². The number of aliphatic hydroxyl groups excluding tert-OH is 1. The third kappa shape index (κ3) is 3.83. The Bertz CT molecular complexity index is 653. The summed E-state index contributed by atoms with van der Waals surface area (Å²) < 4.78 is 13.5. The van der Waals surface area contributed by atoms with Crippen molar-refractivity contribution in [1.29, 1.82) is 0 Å². The summed E-state index contributed by atoms with van der Waals surface area (Å²) in [6.07, 6.45) is -1.09. The molecule has 2 rings (SSSR count). The second-order valence-corrected chi connectivity index (χ2v) is 5.14. The summed E-state index contributed by atoms with van der Waals surface area (Å²) in [4.78, 5) is 11.9. The minimum Gasteiger partial charge on any atom is -0.386 e. The molecule has 22 heavy (non-hydrogen) atoms. The first-order chi connectivity index (χ1) is 10.5. The van der Waals surface area contributed by atoms with Crippen LogP contribution in [0.25, 0.3) is 0 Å². The molecule has 0 spiro atoms. The van der Waals surface area contributed by atoms with Crippen molar-refractivity contribution in [2.45, 2.75) is 20.0 Å². The fourth-order valence-electron chi connectivity index (χ4n) is 2.21. The third-order valence-corrected chi connectivity index (χ3v) is 3.44. The molecular weight excluding hydrogens is 283 g/mol. The largest absolute Gasteiger partial charge is 0.386 e. The molecule has 2 amide bonds. The Morgan fingerprint density at radius 2 is 1.77 bits per heavy atom. The van der Waals surface area contributed by atoms with Crippen LogP contribution in [-0.4, -0.2) is 17.7 Å². The monoisotopic (exact) mass is 302 g/mol. The molecule has 1 atom stereocenters. The number of hydrogen-bond acceptors (Lipinski definition) is 2. The van der Waals surface area contributed by atoms with E-state index in [4.69, 9.17) is 0 Å². The van der Waals surface area contributed by atoms with E-state index < -0.39 is 18.0 Å². The molecule has 0 radical (unpaired) electrons. The molecule has 0 aliphatic heterocycles. The lowest BCUT2D eigenvalue weighted by molar-refractivity contribution is 0.170. The molecule has 0 saturated heterocycles. The average molecular weight is 302 g/mol. The zero-order valence-corrected chi connectivity index (χ0v) is 12.6. The van der Waals surface area contributed by atoms with Gasteiger partial charge in [-0.1, -0.05) is 36.4 Å². The van der Waals surface area contributed by atoms with Crippen LogP contribution in [0.3, 0.4) is 0 Å². The number of para-hydroxylation sites is 1. The van der Waals surface area contributed by atoms with Crippen molar-refractivity contribution in [3.05, 3.63) is 65.0 Å². The van der Waals surface area contributed by atoms with Crippen LogP contribution in [0.2, 0.25) is 0 Å². The number of anilines is 1. The zero-order valence-electron chi connectivity index (χ0n) is 12.6. The van der Waals surface area contributed by atoms with E-state index in [0.717, 1.165) is 16.8 Å². The molecule has 2 aromatic carbocycles. The van der Waals surface area contributed by atoms with Crippen LogP contribution in [0.4, 0.5) is 14.9 Å². The van der Waals surface area contributed by atoms with Crippen molar-refractivity contribution < 1.29 is 14.3 Å². The Balaban J connectivity index is 1.95. The summed E-state index contributed by atoms with van der Waals surface area (Å²) >= 11 is 0. The molecule has 3 N–H and O–H groups in total. The summed E-state index contributed by atoms with van der Waals surface area (Å²) in [5.41, 5.74) is 2.80. The number of carbonyl (C=O) groups is 1. The predicted octanol–water partition coefficient (Wildman–Crippen LogP) is 3.30. The Labute approximate surface area is 129 Å². The van der Waals surface area contributed by atoms with Crippen LogP contribution in [0, 0.1) is 19.7 Å². The summed E-state index contributed by atoms with van der Waals surface area (Å²) in [5.74, 6) is -0.494. The molecule has 4 nitrogen and oxygen atoms in total. The molecular formula is C17H19FN2O2. The maximum atomic E-state index is 13.5. The van der Waals surface area contributed by atoms with Gasteiger partial charge in [0, 0.05) is 17.8 Å². The minimum atomic E-state index is -1.09. The van der Waals surface area contributed by atoms with Gasteiger partial charge in [0.2, 0.25) is 0 Å². The van der Waals surface area contributed by atoms with Gasteiger partial charge in [0.15, 0.2) is 0 Å².